The zero-order valence-electron chi connectivity index (χ0n) is 8.47. The second-order valence-electron chi connectivity index (χ2n) is 3.57. The van der Waals surface area contributed by atoms with Crippen molar-refractivity contribution in [1.82, 2.24) is 4.90 Å². The number of nitrogens with zero attached hydrogens (tertiary/aromatic N) is 1. The molecule has 1 aliphatic rings. The summed E-state index contributed by atoms with van der Waals surface area (Å²) < 4.78 is 5.59. The summed E-state index contributed by atoms with van der Waals surface area (Å²) in [5, 5.41) is 0. The molecule has 1 saturated heterocycles. The van der Waals surface area contributed by atoms with E-state index in [2.05, 4.69) is 11.8 Å². The van der Waals surface area contributed by atoms with Gasteiger partial charge in [-0.05, 0) is 32.4 Å². The molecule has 1 unspecified atom stereocenters. The Morgan fingerprint density at radius 1 is 1.54 bits per heavy atom. The van der Waals surface area contributed by atoms with E-state index < -0.39 is 0 Å². The fourth-order valence-corrected chi connectivity index (χ4v) is 1.86. The summed E-state index contributed by atoms with van der Waals surface area (Å²) in [6.07, 6.45) is 4.03. The van der Waals surface area contributed by atoms with Crippen LogP contribution in [0.1, 0.15) is 26.2 Å². The highest BCUT2D eigenvalue weighted by Crippen LogP contribution is 2.13. The third-order valence-electron chi connectivity index (χ3n) is 2.54. The highest BCUT2D eigenvalue weighted by molar-refractivity contribution is 6.17. The van der Waals surface area contributed by atoms with Gasteiger partial charge in [-0.1, -0.05) is 6.92 Å². The summed E-state index contributed by atoms with van der Waals surface area (Å²) in [7, 11) is 0. The number of halogens is 1. The van der Waals surface area contributed by atoms with Crippen molar-refractivity contribution < 1.29 is 4.74 Å². The van der Waals surface area contributed by atoms with Crippen LogP contribution < -0.4 is 0 Å². The first-order valence-corrected chi connectivity index (χ1v) is 5.80. The van der Waals surface area contributed by atoms with Crippen LogP contribution in [0.4, 0.5) is 0 Å². The molecule has 0 aromatic heterocycles. The summed E-state index contributed by atoms with van der Waals surface area (Å²) in [6.45, 7) is 6.46. The van der Waals surface area contributed by atoms with Crippen molar-refractivity contribution in [1.29, 1.82) is 0 Å². The normalized spacial score (nSPS) is 22.8. The van der Waals surface area contributed by atoms with E-state index in [1.807, 2.05) is 0 Å². The van der Waals surface area contributed by atoms with Gasteiger partial charge in [0, 0.05) is 19.0 Å². The zero-order valence-corrected chi connectivity index (χ0v) is 9.22. The molecular weight excluding hydrogens is 186 g/mol. The third-order valence-corrected chi connectivity index (χ3v) is 2.81. The molecule has 1 atom stereocenters. The molecule has 0 aliphatic carbocycles. The van der Waals surface area contributed by atoms with E-state index in [9.17, 15) is 0 Å². The molecule has 13 heavy (non-hydrogen) atoms. The van der Waals surface area contributed by atoms with E-state index in [4.69, 9.17) is 16.3 Å². The van der Waals surface area contributed by atoms with Crippen LogP contribution in [0, 0.1) is 0 Å². The van der Waals surface area contributed by atoms with E-state index in [1.165, 1.54) is 12.8 Å². The SMILES string of the molecule is CCN(CCCCl)CC1CCCO1. The number of hydrogen-bond acceptors (Lipinski definition) is 2. The van der Waals surface area contributed by atoms with E-state index in [0.717, 1.165) is 38.5 Å². The minimum Gasteiger partial charge on any atom is -0.377 e. The minimum absolute atomic E-state index is 0.482. The Balaban J connectivity index is 2.13. The maximum Gasteiger partial charge on any atom is 0.0702 e. The highest BCUT2D eigenvalue weighted by atomic mass is 35.5. The maximum absolute atomic E-state index is 5.66. The van der Waals surface area contributed by atoms with Crippen LogP contribution in [0.25, 0.3) is 0 Å². The molecule has 78 valence electrons. The van der Waals surface area contributed by atoms with Crippen LogP contribution in [0.3, 0.4) is 0 Å². The zero-order chi connectivity index (χ0) is 9.52. The molecule has 1 heterocycles. The van der Waals surface area contributed by atoms with Gasteiger partial charge in [0.2, 0.25) is 0 Å². The van der Waals surface area contributed by atoms with Crippen molar-refractivity contribution in [2.45, 2.75) is 32.3 Å². The van der Waals surface area contributed by atoms with Gasteiger partial charge in [0.05, 0.1) is 6.10 Å². The monoisotopic (exact) mass is 205 g/mol. The second kappa shape index (κ2) is 6.63. The molecule has 2 nitrogen and oxygen atoms in total. The summed E-state index contributed by atoms with van der Waals surface area (Å²) in [5.74, 6) is 0.766. The van der Waals surface area contributed by atoms with Gasteiger partial charge in [-0.3, -0.25) is 0 Å². The summed E-state index contributed by atoms with van der Waals surface area (Å²) in [4.78, 5) is 2.43. The van der Waals surface area contributed by atoms with Crippen molar-refractivity contribution in [3.63, 3.8) is 0 Å². The molecule has 1 rings (SSSR count). The maximum atomic E-state index is 5.66. The third kappa shape index (κ3) is 4.30. The lowest BCUT2D eigenvalue weighted by atomic mass is 10.2. The molecule has 0 aromatic rings. The largest absolute Gasteiger partial charge is 0.377 e. The Kier molecular flexibility index (Phi) is 5.76. The average molecular weight is 206 g/mol. The molecule has 1 aliphatic heterocycles. The Bertz CT molecular complexity index is 126. The number of alkyl halides is 1. The molecule has 0 aromatic carbocycles. The molecule has 0 radical (unpaired) electrons. The van der Waals surface area contributed by atoms with Gasteiger partial charge in [-0.2, -0.15) is 0 Å². The molecule has 0 bridgehead atoms. The highest BCUT2D eigenvalue weighted by Gasteiger charge is 2.17. The topological polar surface area (TPSA) is 12.5 Å². The second-order valence-corrected chi connectivity index (χ2v) is 3.95. The molecule has 0 saturated carbocycles. The van der Waals surface area contributed by atoms with Crippen molar-refractivity contribution in [2.75, 3.05) is 32.1 Å². The van der Waals surface area contributed by atoms with Gasteiger partial charge in [-0.25, -0.2) is 0 Å². The van der Waals surface area contributed by atoms with E-state index >= 15 is 0 Å². The number of likely N-dealkylation sites (N-methyl/N-ethyl adjacent to an activating group) is 1. The summed E-state index contributed by atoms with van der Waals surface area (Å²) in [6, 6.07) is 0. The van der Waals surface area contributed by atoms with E-state index in [0.29, 0.717) is 6.10 Å². The number of rotatable bonds is 6. The van der Waals surface area contributed by atoms with Crippen molar-refractivity contribution in [3.8, 4) is 0 Å². The predicted octanol–water partition coefficient (Wildman–Crippen LogP) is 2.12. The van der Waals surface area contributed by atoms with Gasteiger partial charge >= 0.3 is 0 Å². The standard InChI is InChI=1S/C10H20ClNO/c1-2-12(7-4-6-11)9-10-5-3-8-13-10/h10H,2-9H2,1H3. The molecule has 1 fully saturated rings. The Labute approximate surface area is 86.2 Å². The average Bonchev–Trinajstić information content (AvgIpc) is 2.64. The lowest BCUT2D eigenvalue weighted by molar-refractivity contribution is 0.0749. The van der Waals surface area contributed by atoms with E-state index in [-0.39, 0.29) is 0 Å². The van der Waals surface area contributed by atoms with E-state index in [1.54, 1.807) is 0 Å². The predicted molar refractivity (Wildman–Crippen MR) is 56.4 cm³/mol. The minimum atomic E-state index is 0.482. The first-order valence-electron chi connectivity index (χ1n) is 5.26. The van der Waals surface area contributed by atoms with Crippen LogP contribution in [-0.4, -0.2) is 43.1 Å². The fraction of sp³-hybridized carbons (Fsp3) is 1.00. The first-order chi connectivity index (χ1) is 6.36. The van der Waals surface area contributed by atoms with Gasteiger partial charge in [0.25, 0.3) is 0 Å². The summed E-state index contributed by atoms with van der Waals surface area (Å²) >= 11 is 5.66. The van der Waals surface area contributed by atoms with Gasteiger partial charge in [0.1, 0.15) is 0 Å². The lowest BCUT2D eigenvalue weighted by Gasteiger charge is -2.23. The Morgan fingerprint density at radius 2 is 2.38 bits per heavy atom. The van der Waals surface area contributed by atoms with Crippen LogP contribution in [0.2, 0.25) is 0 Å². The Morgan fingerprint density at radius 3 is 2.92 bits per heavy atom. The van der Waals surface area contributed by atoms with Gasteiger partial charge < -0.3 is 9.64 Å². The number of hydrogen-bond donors (Lipinski definition) is 0. The van der Waals surface area contributed by atoms with Gasteiger partial charge in [-0.15, -0.1) is 11.6 Å². The van der Waals surface area contributed by atoms with Crippen molar-refractivity contribution >= 4 is 11.6 Å². The van der Waals surface area contributed by atoms with Crippen LogP contribution in [0.5, 0.6) is 0 Å². The quantitative estimate of drug-likeness (QED) is 0.616. The number of ether oxygens (including phenoxy) is 1. The molecule has 0 spiro atoms. The molecule has 0 amide bonds. The Hall–Kier alpha value is 0.210. The first kappa shape index (κ1) is 11.3. The van der Waals surface area contributed by atoms with Gasteiger partial charge in [0.15, 0.2) is 0 Å². The van der Waals surface area contributed by atoms with Crippen molar-refractivity contribution in [3.05, 3.63) is 0 Å². The fourth-order valence-electron chi connectivity index (χ4n) is 1.74. The van der Waals surface area contributed by atoms with Crippen LogP contribution >= 0.6 is 11.6 Å². The smallest absolute Gasteiger partial charge is 0.0702 e. The van der Waals surface area contributed by atoms with Crippen LogP contribution in [0.15, 0.2) is 0 Å². The molecular formula is C10H20ClNO. The summed E-state index contributed by atoms with van der Waals surface area (Å²) in [5.41, 5.74) is 0. The lowest BCUT2D eigenvalue weighted by Crippen LogP contribution is -2.33. The van der Waals surface area contributed by atoms with Crippen LogP contribution in [-0.2, 0) is 4.74 Å². The van der Waals surface area contributed by atoms with Crippen molar-refractivity contribution in [2.24, 2.45) is 0 Å². The molecule has 0 N–H and O–H groups in total. The molecule has 3 heteroatoms.